The Balaban J connectivity index is 2.10. The fourth-order valence-corrected chi connectivity index (χ4v) is 2.67. The molecular formula is C14H15ClN2O. The normalized spacial score (nSPS) is 22.5. The van der Waals surface area contributed by atoms with E-state index in [1.807, 2.05) is 6.07 Å². The van der Waals surface area contributed by atoms with Gasteiger partial charge in [-0.3, -0.25) is 4.79 Å². The van der Waals surface area contributed by atoms with E-state index in [4.69, 9.17) is 16.9 Å². The van der Waals surface area contributed by atoms with E-state index in [-0.39, 0.29) is 11.8 Å². The molecule has 0 saturated heterocycles. The Morgan fingerprint density at radius 1 is 1.50 bits per heavy atom. The van der Waals surface area contributed by atoms with Crippen LogP contribution in [-0.4, -0.2) is 5.91 Å². The van der Waals surface area contributed by atoms with Gasteiger partial charge in [0.05, 0.1) is 22.3 Å². The zero-order chi connectivity index (χ0) is 13.1. The number of benzene rings is 1. The number of nitrogens with one attached hydrogen (secondary N) is 1. The van der Waals surface area contributed by atoms with E-state index in [2.05, 4.69) is 12.2 Å². The Labute approximate surface area is 112 Å². The van der Waals surface area contributed by atoms with E-state index in [0.717, 1.165) is 19.3 Å². The maximum Gasteiger partial charge on any atom is 0.227 e. The lowest BCUT2D eigenvalue weighted by atomic mass is 9.97. The number of carbonyl (C=O) groups is 1. The number of amides is 1. The number of anilines is 1. The summed E-state index contributed by atoms with van der Waals surface area (Å²) in [5.74, 6) is 0.547. The molecule has 0 bridgehead atoms. The summed E-state index contributed by atoms with van der Waals surface area (Å²) in [6.07, 6.45) is 3.17. The molecule has 94 valence electrons. The maximum atomic E-state index is 12.1. The lowest BCUT2D eigenvalue weighted by Gasteiger charge is -2.15. The molecule has 1 fully saturated rings. The molecule has 0 radical (unpaired) electrons. The number of hydrogen-bond acceptors (Lipinski definition) is 2. The Morgan fingerprint density at radius 3 is 2.83 bits per heavy atom. The highest BCUT2D eigenvalue weighted by Gasteiger charge is 2.29. The van der Waals surface area contributed by atoms with Gasteiger partial charge in [0.25, 0.3) is 0 Å². The first-order valence-electron chi connectivity index (χ1n) is 6.12. The third kappa shape index (κ3) is 2.65. The molecule has 1 aromatic carbocycles. The molecule has 0 aromatic heterocycles. The summed E-state index contributed by atoms with van der Waals surface area (Å²) >= 11 is 6.03. The number of carbonyl (C=O) groups excluding carboxylic acids is 1. The highest BCUT2D eigenvalue weighted by Crippen LogP contribution is 2.33. The maximum absolute atomic E-state index is 12.1. The third-order valence-electron chi connectivity index (χ3n) is 3.55. The molecule has 1 N–H and O–H groups in total. The average Bonchev–Trinajstić information content (AvgIpc) is 2.78. The molecule has 0 spiro atoms. The molecule has 3 nitrogen and oxygen atoms in total. The molecule has 0 aliphatic heterocycles. The van der Waals surface area contributed by atoms with E-state index in [0.29, 0.717) is 22.2 Å². The minimum atomic E-state index is 0.0339. The van der Waals surface area contributed by atoms with Gasteiger partial charge in [-0.15, -0.1) is 0 Å². The molecule has 1 amide bonds. The van der Waals surface area contributed by atoms with Crippen LogP contribution in [0.3, 0.4) is 0 Å². The van der Waals surface area contributed by atoms with Crippen LogP contribution in [-0.2, 0) is 4.79 Å². The van der Waals surface area contributed by atoms with Crippen molar-refractivity contribution in [2.45, 2.75) is 26.2 Å². The van der Waals surface area contributed by atoms with Crippen LogP contribution in [0.5, 0.6) is 0 Å². The van der Waals surface area contributed by atoms with Crippen molar-refractivity contribution >= 4 is 23.2 Å². The number of halogens is 1. The van der Waals surface area contributed by atoms with Gasteiger partial charge in [0.15, 0.2) is 0 Å². The SMILES string of the molecule is CC1CCCC1C(=O)Nc1ccc(C#N)cc1Cl. The summed E-state index contributed by atoms with van der Waals surface area (Å²) in [4.78, 5) is 12.1. The van der Waals surface area contributed by atoms with Gasteiger partial charge >= 0.3 is 0 Å². The van der Waals surface area contributed by atoms with Crippen LogP contribution in [0.25, 0.3) is 0 Å². The van der Waals surface area contributed by atoms with Crippen molar-refractivity contribution in [1.29, 1.82) is 5.26 Å². The minimum absolute atomic E-state index is 0.0339. The third-order valence-corrected chi connectivity index (χ3v) is 3.87. The Hall–Kier alpha value is -1.53. The van der Waals surface area contributed by atoms with Crippen LogP contribution in [0.15, 0.2) is 18.2 Å². The fourth-order valence-electron chi connectivity index (χ4n) is 2.45. The van der Waals surface area contributed by atoms with Crippen molar-refractivity contribution < 1.29 is 4.79 Å². The first kappa shape index (κ1) is 12.9. The predicted octanol–water partition coefficient (Wildman–Crippen LogP) is 3.59. The summed E-state index contributed by atoms with van der Waals surface area (Å²) < 4.78 is 0. The fraction of sp³-hybridized carbons (Fsp3) is 0.429. The first-order valence-corrected chi connectivity index (χ1v) is 6.50. The zero-order valence-corrected chi connectivity index (χ0v) is 11.0. The van der Waals surface area contributed by atoms with Gasteiger partial charge in [0.2, 0.25) is 5.91 Å². The van der Waals surface area contributed by atoms with Gasteiger partial charge in [-0.05, 0) is 37.0 Å². The molecule has 2 atom stereocenters. The van der Waals surface area contributed by atoms with Crippen LogP contribution < -0.4 is 5.32 Å². The number of nitrogens with zero attached hydrogens (tertiary/aromatic N) is 1. The highest BCUT2D eigenvalue weighted by atomic mass is 35.5. The predicted molar refractivity (Wildman–Crippen MR) is 71.3 cm³/mol. The van der Waals surface area contributed by atoms with Crippen LogP contribution in [0, 0.1) is 23.2 Å². The largest absolute Gasteiger partial charge is 0.325 e. The second-order valence-corrected chi connectivity index (χ2v) is 5.22. The van der Waals surface area contributed by atoms with Crippen molar-refractivity contribution in [3.63, 3.8) is 0 Å². The standard InChI is InChI=1S/C14H15ClN2O/c1-9-3-2-4-11(9)14(18)17-13-6-5-10(8-16)7-12(13)15/h5-7,9,11H,2-4H2,1H3,(H,17,18). The zero-order valence-electron chi connectivity index (χ0n) is 10.2. The molecule has 4 heteroatoms. The van der Waals surface area contributed by atoms with E-state index in [1.54, 1.807) is 18.2 Å². The summed E-state index contributed by atoms with van der Waals surface area (Å²) in [7, 11) is 0. The molecular weight excluding hydrogens is 248 g/mol. The number of rotatable bonds is 2. The smallest absolute Gasteiger partial charge is 0.227 e. The summed E-state index contributed by atoms with van der Waals surface area (Å²) in [6.45, 7) is 2.11. The molecule has 1 aromatic rings. The van der Waals surface area contributed by atoms with Gasteiger partial charge in [0.1, 0.15) is 0 Å². The van der Waals surface area contributed by atoms with Crippen LogP contribution in [0.4, 0.5) is 5.69 Å². The van der Waals surface area contributed by atoms with Gasteiger partial charge in [0, 0.05) is 5.92 Å². The van der Waals surface area contributed by atoms with Crippen LogP contribution in [0.1, 0.15) is 31.7 Å². The quantitative estimate of drug-likeness (QED) is 0.886. The van der Waals surface area contributed by atoms with Crippen molar-refractivity contribution in [2.24, 2.45) is 11.8 Å². The second kappa shape index (κ2) is 5.41. The highest BCUT2D eigenvalue weighted by molar-refractivity contribution is 6.33. The minimum Gasteiger partial charge on any atom is -0.325 e. The second-order valence-electron chi connectivity index (χ2n) is 4.81. The molecule has 1 aliphatic rings. The van der Waals surface area contributed by atoms with Crippen molar-refractivity contribution in [3.8, 4) is 6.07 Å². The summed E-state index contributed by atoms with van der Waals surface area (Å²) in [5.41, 5.74) is 1.08. The van der Waals surface area contributed by atoms with Crippen molar-refractivity contribution in [3.05, 3.63) is 28.8 Å². The lowest BCUT2D eigenvalue weighted by Crippen LogP contribution is -2.24. The summed E-state index contributed by atoms with van der Waals surface area (Å²) in [6, 6.07) is 6.91. The van der Waals surface area contributed by atoms with Crippen LogP contribution >= 0.6 is 11.6 Å². The first-order chi connectivity index (χ1) is 8.61. The van der Waals surface area contributed by atoms with Gasteiger partial charge < -0.3 is 5.32 Å². The van der Waals surface area contributed by atoms with E-state index >= 15 is 0 Å². The van der Waals surface area contributed by atoms with Crippen molar-refractivity contribution in [1.82, 2.24) is 0 Å². The Morgan fingerprint density at radius 2 is 2.28 bits per heavy atom. The Bertz CT molecular complexity index is 507. The lowest BCUT2D eigenvalue weighted by molar-refractivity contribution is -0.120. The van der Waals surface area contributed by atoms with E-state index in [1.165, 1.54) is 0 Å². The van der Waals surface area contributed by atoms with Gasteiger partial charge in [-0.2, -0.15) is 5.26 Å². The molecule has 0 heterocycles. The van der Waals surface area contributed by atoms with E-state index in [9.17, 15) is 4.79 Å². The summed E-state index contributed by atoms with van der Waals surface area (Å²) in [5, 5.41) is 12.0. The number of nitriles is 1. The van der Waals surface area contributed by atoms with Crippen LogP contribution in [0.2, 0.25) is 5.02 Å². The molecule has 1 saturated carbocycles. The molecule has 2 unspecified atom stereocenters. The molecule has 1 aliphatic carbocycles. The van der Waals surface area contributed by atoms with Crippen molar-refractivity contribution in [2.75, 3.05) is 5.32 Å². The number of hydrogen-bond donors (Lipinski definition) is 1. The topological polar surface area (TPSA) is 52.9 Å². The average molecular weight is 263 g/mol. The molecule has 18 heavy (non-hydrogen) atoms. The molecule has 2 rings (SSSR count). The van der Waals surface area contributed by atoms with Gasteiger partial charge in [-0.1, -0.05) is 24.9 Å². The monoisotopic (exact) mass is 262 g/mol. The Kier molecular flexibility index (Phi) is 3.88. The van der Waals surface area contributed by atoms with E-state index < -0.39 is 0 Å². The van der Waals surface area contributed by atoms with Gasteiger partial charge in [-0.25, -0.2) is 0 Å².